The Morgan fingerprint density at radius 2 is 1.20 bits per heavy atom. The molecule has 12 nitrogen and oxygen atoms in total. The van der Waals surface area contributed by atoms with E-state index in [2.05, 4.69) is 0 Å². The maximum absolute atomic E-state index is 13.2. The summed E-state index contributed by atoms with van der Waals surface area (Å²) >= 11 is 0. The highest BCUT2D eigenvalue weighted by atomic mass is 16.7. The molecule has 2 heterocycles. The normalized spacial score (nSPS) is 19.8. The molecule has 40 heavy (non-hydrogen) atoms. The van der Waals surface area contributed by atoms with Gasteiger partial charge in [0.1, 0.15) is 0 Å². The molecule has 3 aliphatic rings. The molecule has 1 aliphatic carbocycles. The lowest BCUT2D eigenvalue weighted by molar-refractivity contribution is -0.162. The molecule has 2 aromatic carbocycles. The first-order valence-corrected chi connectivity index (χ1v) is 12.5. The van der Waals surface area contributed by atoms with E-state index in [4.69, 9.17) is 37.9 Å². The van der Waals surface area contributed by atoms with Crippen molar-refractivity contribution in [3.05, 3.63) is 47.0 Å². The van der Waals surface area contributed by atoms with Gasteiger partial charge in [0.2, 0.25) is 13.6 Å². The number of methoxy groups -OCH3 is 4. The number of hydrogen-bond acceptors (Lipinski definition) is 12. The molecule has 212 valence electrons. The highest BCUT2D eigenvalue weighted by Gasteiger charge is 2.53. The molecule has 0 bridgehead atoms. The van der Waals surface area contributed by atoms with Gasteiger partial charge in [0.25, 0.3) is 0 Å². The first-order valence-electron chi connectivity index (χ1n) is 12.5. The molecule has 5 rings (SSSR count). The van der Waals surface area contributed by atoms with Gasteiger partial charge < -0.3 is 37.9 Å². The van der Waals surface area contributed by atoms with Crippen molar-refractivity contribution in [2.75, 3.05) is 42.0 Å². The zero-order chi connectivity index (χ0) is 28.6. The van der Waals surface area contributed by atoms with E-state index in [1.165, 1.54) is 14.2 Å². The molecule has 0 spiro atoms. The second kappa shape index (κ2) is 10.9. The number of rotatable bonds is 8. The van der Waals surface area contributed by atoms with Crippen molar-refractivity contribution in [1.82, 2.24) is 0 Å². The van der Waals surface area contributed by atoms with Gasteiger partial charge in [0, 0.05) is 11.8 Å². The van der Waals surface area contributed by atoms with Crippen molar-refractivity contribution >= 4 is 23.9 Å². The molecule has 0 aromatic heterocycles. The standard InChI is InChI=1S/C28H28O12/c1-33-25(29)17(26(30)34-2)8-15-14-9-20-21(40-12-39-20)10-16(14)22(13-5-6-18-19(7-13)38-11-37-18)23(15)24(27(31)35-3)28(32)36-4/h5-7,9-10,15,17,22-24H,8,11-12H2,1-4H3/t15-,22-,23-/m1/s1. The Morgan fingerprint density at radius 1 is 0.700 bits per heavy atom. The fourth-order valence-electron chi connectivity index (χ4n) is 5.92. The molecule has 0 amide bonds. The molecule has 0 saturated heterocycles. The summed E-state index contributed by atoms with van der Waals surface area (Å²) in [6.45, 7) is 0.0680. The lowest BCUT2D eigenvalue weighted by atomic mass is 9.72. The summed E-state index contributed by atoms with van der Waals surface area (Å²) in [4.78, 5) is 52.0. The fourth-order valence-corrected chi connectivity index (χ4v) is 5.92. The van der Waals surface area contributed by atoms with Crippen LogP contribution in [0, 0.1) is 17.8 Å². The molecule has 2 aromatic rings. The topological polar surface area (TPSA) is 142 Å². The van der Waals surface area contributed by atoms with E-state index in [0.717, 1.165) is 14.2 Å². The van der Waals surface area contributed by atoms with Crippen LogP contribution in [0.2, 0.25) is 0 Å². The summed E-state index contributed by atoms with van der Waals surface area (Å²) in [6, 6.07) is 8.87. The van der Waals surface area contributed by atoms with Crippen LogP contribution < -0.4 is 18.9 Å². The maximum Gasteiger partial charge on any atom is 0.320 e. The van der Waals surface area contributed by atoms with Crippen LogP contribution in [-0.4, -0.2) is 65.9 Å². The number of benzene rings is 2. The predicted octanol–water partition coefficient (Wildman–Crippen LogP) is 2.30. The van der Waals surface area contributed by atoms with Gasteiger partial charge in [0.05, 0.1) is 28.4 Å². The van der Waals surface area contributed by atoms with Crippen LogP contribution in [0.5, 0.6) is 23.0 Å². The van der Waals surface area contributed by atoms with E-state index >= 15 is 0 Å². The Bertz CT molecular complexity index is 1320. The van der Waals surface area contributed by atoms with Gasteiger partial charge in [-0.15, -0.1) is 0 Å². The monoisotopic (exact) mass is 556 g/mol. The van der Waals surface area contributed by atoms with E-state index in [1.807, 2.05) is 6.07 Å². The number of hydrogen-bond donors (Lipinski definition) is 0. The van der Waals surface area contributed by atoms with E-state index in [-0.39, 0.29) is 20.0 Å². The number of carbonyl (C=O) groups excluding carboxylic acids is 4. The number of carbonyl (C=O) groups is 4. The Labute approximate surface area is 229 Å². The third kappa shape index (κ3) is 4.52. The van der Waals surface area contributed by atoms with Crippen molar-refractivity contribution in [2.24, 2.45) is 17.8 Å². The van der Waals surface area contributed by atoms with E-state index in [0.29, 0.717) is 39.7 Å². The summed E-state index contributed by atoms with van der Waals surface area (Å²) in [6.07, 6.45) is -0.137. The second-order valence-electron chi connectivity index (χ2n) is 9.47. The molecule has 0 unspecified atom stereocenters. The Hall–Kier alpha value is -4.48. The van der Waals surface area contributed by atoms with Gasteiger partial charge >= 0.3 is 23.9 Å². The molecule has 0 fully saturated rings. The molecule has 0 N–H and O–H groups in total. The van der Waals surface area contributed by atoms with Crippen LogP contribution in [0.4, 0.5) is 0 Å². The molecular formula is C28H28O12. The zero-order valence-electron chi connectivity index (χ0n) is 22.3. The smallest absolute Gasteiger partial charge is 0.320 e. The van der Waals surface area contributed by atoms with Crippen molar-refractivity contribution in [2.45, 2.75) is 18.3 Å². The molecule has 0 saturated carbocycles. The average Bonchev–Trinajstić information content (AvgIpc) is 3.70. The molecule has 0 radical (unpaired) electrons. The van der Waals surface area contributed by atoms with E-state index < -0.39 is 53.5 Å². The molecule has 3 atom stereocenters. The lowest BCUT2D eigenvalue weighted by Crippen LogP contribution is -2.39. The Balaban J connectivity index is 1.74. The summed E-state index contributed by atoms with van der Waals surface area (Å²) in [7, 11) is 4.68. The quantitative estimate of drug-likeness (QED) is 0.267. The maximum atomic E-state index is 13.2. The van der Waals surface area contributed by atoms with Gasteiger partial charge in [-0.1, -0.05) is 6.07 Å². The Morgan fingerprint density at radius 3 is 1.75 bits per heavy atom. The fraction of sp³-hybridized carbons (Fsp3) is 0.429. The third-order valence-electron chi connectivity index (χ3n) is 7.67. The van der Waals surface area contributed by atoms with Gasteiger partial charge in [-0.2, -0.15) is 0 Å². The summed E-state index contributed by atoms with van der Waals surface area (Å²) in [5.74, 6) is -6.28. The number of fused-ring (bicyclic) bond motifs is 3. The predicted molar refractivity (Wildman–Crippen MR) is 133 cm³/mol. The molecule has 2 aliphatic heterocycles. The van der Waals surface area contributed by atoms with Gasteiger partial charge in [-0.25, -0.2) is 0 Å². The van der Waals surface area contributed by atoms with Crippen LogP contribution in [0.1, 0.15) is 34.9 Å². The molecular weight excluding hydrogens is 528 g/mol. The van der Waals surface area contributed by atoms with Crippen molar-refractivity contribution < 1.29 is 57.1 Å². The second-order valence-corrected chi connectivity index (χ2v) is 9.47. The van der Waals surface area contributed by atoms with Crippen LogP contribution in [0.3, 0.4) is 0 Å². The highest BCUT2D eigenvalue weighted by Crippen LogP contribution is 2.58. The van der Waals surface area contributed by atoms with Gasteiger partial charge in [-0.3, -0.25) is 19.2 Å². The first kappa shape index (κ1) is 27.1. The number of esters is 4. The third-order valence-corrected chi connectivity index (χ3v) is 7.67. The largest absolute Gasteiger partial charge is 0.468 e. The van der Waals surface area contributed by atoms with Crippen molar-refractivity contribution in [3.8, 4) is 23.0 Å². The minimum Gasteiger partial charge on any atom is -0.468 e. The van der Waals surface area contributed by atoms with E-state index in [9.17, 15) is 19.2 Å². The first-order chi connectivity index (χ1) is 19.3. The minimum absolute atomic E-state index is 0.0148. The minimum atomic E-state index is -1.42. The summed E-state index contributed by atoms with van der Waals surface area (Å²) in [5, 5.41) is 0. The van der Waals surface area contributed by atoms with Gasteiger partial charge in [0.15, 0.2) is 34.8 Å². The van der Waals surface area contributed by atoms with Crippen LogP contribution in [0.15, 0.2) is 30.3 Å². The summed E-state index contributed by atoms with van der Waals surface area (Å²) < 4.78 is 42.3. The number of ether oxygens (including phenoxy) is 8. The summed E-state index contributed by atoms with van der Waals surface area (Å²) in [5.41, 5.74) is 2.07. The van der Waals surface area contributed by atoms with Crippen LogP contribution >= 0.6 is 0 Å². The SMILES string of the molecule is COC(=O)C(C[C@@H]1c2cc3c(cc2[C@@H](c2ccc4c(c2)OCO4)[C@@H]1C(C(=O)OC)C(=O)OC)OCO3)C(=O)OC. The molecule has 12 heteroatoms. The van der Waals surface area contributed by atoms with Crippen molar-refractivity contribution in [3.63, 3.8) is 0 Å². The highest BCUT2D eigenvalue weighted by molar-refractivity contribution is 5.96. The van der Waals surface area contributed by atoms with Crippen LogP contribution in [0.25, 0.3) is 0 Å². The Kier molecular flexibility index (Phi) is 7.42. The average molecular weight is 557 g/mol. The zero-order valence-corrected chi connectivity index (χ0v) is 22.3. The lowest BCUT2D eigenvalue weighted by Gasteiger charge is -2.31. The van der Waals surface area contributed by atoms with Crippen LogP contribution in [-0.2, 0) is 38.1 Å². The van der Waals surface area contributed by atoms with E-state index in [1.54, 1.807) is 24.3 Å². The van der Waals surface area contributed by atoms with Crippen molar-refractivity contribution in [1.29, 1.82) is 0 Å². The van der Waals surface area contributed by atoms with Gasteiger partial charge in [-0.05, 0) is 53.3 Å².